The number of halogens is 1. The molecule has 0 spiro atoms. The first kappa shape index (κ1) is 13.0. The van der Waals surface area contributed by atoms with Gasteiger partial charge in [-0.15, -0.1) is 0 Å². The number of nitrogen functional groups attached to an aromatic ring is 1. The van der Waals surface area contributed by atoms with Gasteiger partial charge in [0.25, 0.3) is 0 Å². The minimum absolute atomic E-state index is 0.147. The molecule has 0 radical (unpaired) electrons. The largest absolute Gasteiger partial charge is 0.495 e. The zero-order valence-electron chi connectivity index (χ0n) is 11.6. The van der Waals surface area contributed by atoms with E-state index in [1.54, 1.807) is 6.07 Å². The van der Waals surface area contributed by atoms with Crippen molar-refractivity contribution in [2.24, 2.45) is 10.8 Å². The lowest BCUT2D eigenvalue weighted by molar-refractivity contribution is 0.416. The van der Waals surface area contributed by atoms with Gasteiger partial charge in [-0.3, -0.25) is 0 Å². The van der Waals surface area contributed by atoms with Crippen LogP contribution in [0.5, 0.6) is 5.75 Å². The first-order chi connectivity index (χ1) is 8.21. The summed E-state index contributed by atoms with van der Waals surface area (Å²) in [5.41, 5.74) is 6.72. The maximum atomic E-state index is 13.9. The molecule has 1 aliphatic rings. The molecule has 0 unspecified atom stereocenters. The minimum Gasteiger partial charge on any atom is -0.495 e. The molecule has 0 aliphatic heterocycles. The van der Waals surface area contributed by atoms with Crippen LogP contribution in [-0.4, -0.2) is 13.2 Å². The molecule has 1 saturated carbocycles. The van der Waals surface area contributed by atoms with Crippen molar-refractivity contribution in [2.45, 2.75) is 33.7 Å². The summed E-state index contributed by atoms with van der Waals surface area (Å²) in [7, 11) is 1.53. The summed E-state index contributed by atoms with van der Waals surface area (Å²) in [4.78, 5) is 0. The van der Waals surface area contributed by atoms with Gasteiger partial charge in [0, 0.05) is 18.2 Å². The third-order valence-corrected chi connectivity index (χ3v) is 4.64. The van der Waals surface area contributed by atoms with Crippen molar-refractivity contribution in [1.29, 1.82) is 0 Å². The van der Waals surface area contributed by atoms with Gasteiger partial charge >= 0.3 is 0 Å². The average Bonchev–Trinajstić information content (AvgIpc) is 2.64. The number of rotatable bonds is 3. The fourth-order valence-electron chi connectivity index (χ4n) is 2.57. The van der Waals surface area contributed by atoms with E-state index in [4.69, 9.17) is 10.5 Å². The number of benzene rings is 1. The van der Waals surface area contributed by atoms with Gasteiger partial charge in [0.2, 0.25) is 0 Å². The molecule has 0 aromatic heterocycles. The van der Waals surface area contributed by atoms with Crippen LogP contribution in [0.25, 0.3) is 0 Å². The van der Waals surface area contributed by atoms with Crippen LogP contribution in [-0.2, 0) is 0 Å². The predicted octanol–water partition coefficient (Wildman–Crippen LogP) is 3.26. The Labute approximate surface area is 108 Å². The van der Waals surface area contributed by atoms with Crippen LogP contribution in [0, 0.1) is 16.6 Å². The van der Waals surface area contributed by atoms with E-state index < -0.39 is 0 Å². The lowest BCUT2D eigenvalue weighted by atomic mass is 10.0. The van der Waals surface area contributed by atoms with E-state index in [0.29, 0.717) is 17.1 Å². The SMILES string of the molecule is COc1cc(NC2C(C)(C)C2(C)C)c(F)cc1N. The molecule has 1 fully saturated rings. The van der Waals surface area contributed by atoms with E-state index in [0.717, 1.165) is 0 Å². The van der Waals surface area contributed by atoms with Crippen LogP contribution in [0.15, 0.2) is 12.1 Å². The number of ether oxygens (including phenoxy) is 1. The minimum atomic E-state index is -0.341. The average molecular weight is 252 g/mol. The Morgan fingerprint density at radius 2 is 1.78 bits per heavy atom. The van der Waals surface area contributed by atoms with Gasteiger partial charge in [0.1, 0.15) is 11.6 Å². The van der Waals surface area contributed by atoms with Gasteiger partial charge in [-0.2, -0.15) is 0 Å². The molecule has 0 heterocycles. The summed E-state index contributed by atoms with van der Waals surface area (Å²) in [6.45, 7) is 8.71. The normalized spacial score (nSPS) is 20.6. The first-order valence-electron chi connectivity index (χ1n) is 6.11. The Bertz CT molecular complexity index is 469. The van der Waals surface area contributed by atoms with Gasteiger partial charge in [0.05, 0.1) is 18.5 Å². The summed E-state index contributed by atoms with van der Waals surface area (Å²) < 4.78 is 19.0. The smallest absolute Gasteiger partial charge is 0.148 e. The summed E-state index contributed by atoms with van der Waals surface area (Å²) in [6, 6.07) is 3.16. The fourth-order valence-corrected chi connectivity index (χ4v) is 2.57. The lowest BCUT2D eigenvalue weighted by Gasteiger charge is -2.12. The monoisotopic (exact) mass is 252 g/mol. The third kappa shape index (κ3) is 1.71. The maximum Gasteiger partial charge on any atom is 0.148 e. The topological polar surface area (TPSA) is 47.3 Å². The fraction of sp³-hybridized carbons (Fsp3) is 0.571. The van der Waals surface area contributed by atoms with Crippen molar-refractivity contribution in [2.75, 3.05) is 18.2 Å². The van der Waals surface area contributed by atoms with Gasteiger partial charge in [-0.1, -0.05) is 27.7 Å². The highest BCUT2D eigenvalue weighted by Gasteiger charge is 2.65. The van der Waals surface area contributed by atoms with Crippen LogP contribution in [0.4, 0.5) is 15.8 Å². The van der Waals surface area contributed by atoms with E-state index in [1.807, 2.05) is 0 Å². The molecular weight excluding hydrogens is 231 g/mol. The number of hydrogen-bond acceptors (Lipinski definition) is 3. The van der Waals surface area contributed by atoms with Crippen LogP contribution in [0.2, 0.25) is 0 Å². The Kier molecular flexibility index (Phi) is 2.72. The molecule has 4 heteroatoms. The van der Waals surface area contributed by atoms with Gasteiger partial charge < -0.3 is 15.8 Å². The Morgan fingerprint density at radius 3 is 2.22 bits per heavy atom. The van der Waals surface area contributed by atoms with Crippen molar-refractivity contribution in [1.82, 2.24) is 0 Å². The molecule has 1 aromatic rings. The lowest BCUT2D eigenvalue weighted by Crippen LogP contribution is -2.11. The van der Waals surface area contributed by atoms with Gasteiger partial charge in [-0.25, -0.2) is 4.39 Å². The standard InChI is InChI=1S/C14H21FN2O/c1-13(2)12(14(13,3)4)17-10-7-11(18-5)9(16)6-8(10)15/h6-7,12,17H,16H2,1-5H3. The number of nitrogens with two attached hydrogens (primary N) is 1. The van der Waals surface area contributed by atoms with Crippen molar-refractivity contribution in [3.63, 3.8) is 0 Å². The molecule has 100 valence electrons. The van der Waals surface area contributed by atoms with Crippen LogP contribution in [0.3, 0.4) is 0 Å². The molecule has 0 saturated heterocycles. The van der Waals surface area contributed by atoms with E-state index >= 15 is 0 Å². The highest BCUT2D eigenvalue weighted by molar-refractivity contribution is 5.63. The van der Waals surface area contributed by atoms with E-state index in [1.165, 1.54) is 13.2 Å². The van der Waals surface area contributed by atoms with Gasteiger partial charge in [0.15, 0.2) is 0 Å². The second-order valence-corrected chi connectivity index (χ2v) is 6.09. The van der Waals surface area contributed by atoms with E-state index in [9.17, 15) is 4.39 Å². The maximum absolute atomic E-state index is 13.9. The Morgan fingerprint density at radius 1 is 1.22 bits per heavy atom. The highest BCUT2D eigenvalue weighted by atomic mass is 19.1. The second-order valence-electron chi connectivity index (χ2n) is 6.09. The quantitative estimate of drug-likeness (QED) is 0.812. The zero-order valence-corrected chi connectivity index (χ0v) is 11.6. The van der Waals surface area contributed by atoms with E-state index in [-0.39, 0.29) is 22.7 Å². The van der Waals surface area contributed by atoms with E-state index in [2.05, 4.69) is 33.0 Å². The molecule has 1 aromatic carbocycles. The molecule has 0 bridgehead atoms. The second kappa shape index (κ2) is 3.77. The zero-order chi connectivity index (χ0) is 13.7. The summed E-state index contributed by atoms with van der Waals surface area (Å²) >= 11 is 0. The molecule has 3 nitrogen and oxygen atoms in total. The van der Waals surface area contributed by atoms with Crippen molar-refractivity contribution in [3.8, 4) is 5.75 Å². The molecule has 1 aliphatic carbocycles. The van der Waals surface area contributed by atoms with Crippen molar-refractivity contribution >= 4 is 11.4 Å². The first-order valence-corrected chi connectivity index (χ1v) is 6.11. The van der Waals surface area contributed by atoms with Gasteiger partial charge in [-0.05, 0) is 10.8 Å². The highest BCUT2D eigenvalue weighted by Crippen LogP contribution is 2.63. The number of nitrogens with one attached hydrogen (secondary N) is 1. The summed E-state index contributed by atoms with van der Waals surface area (Å²) in [5.74, 6) is 0.155. The van der Waals surface area contributed by atoms with Crippen molar-refractivity contribution < 1.29 is 9.13 Å². The predicted molar refractivity (Wildman–Crippen MR) is 72.3 cm³/mol. The number of anilines is 2. The van der Waals surface area contributed by atoms with Crippen LogP contribution >= 0.6 is 0 Å². The van der Waals surface area contributed by atoms with Crippen LogP contribution < -0.4 is 15.8 Å². The molecule has 0 amide bonds. The Balaban J connectivity index is 2.26. The Hall–Kier alpha value is -1.45. The molecule has 0 atom stereocenters. The molecule has 2 rings (SSSR count). The summed E-state index contributed by atoms with van der Waals surface area (Å²) in [6.07, 6.45) is 0. The van der Waals surface area contributed by atoms with Crippen molar-refractivity contribution in [3.05, 3.63) is 17.9 Å². The number of methoxy groups -OCH3 is 1. The molecule has 3 N–H and O–H groups in total. The molecular formula is C14H21FN2O. The number of hydrogen-bond donors (Lipinski definition) is 2. The third-order valence-electron chi connectivity index (χ3n) is 4.64. The van der Waals surface area contributed by atoms with Crippen LogP contribution in [0.1, 0.15) is 27.7 Å². The molecule has 18 heavy (non-hydrogen) atoms. The summed E-state index contributed by atoms with van der Waals surface area (Å²) in [5, 5.41) is 3.26.